The SMILES string of the molecule is CN(CC1CCN(c2ccnc(C3CC3)n2)CC1)S(=O)(=O)C1CC1. The zero-order valence-corrected chi connectivity index (χ0v) is 15.1. The molecule has 0 amide bonds. The van der Waals surface area contributed by atoms with Crippen LogP contribution in [0, 0.1) is 5.92 Å². The Morgan fingerprint density at radius 2 is 1.88 bits per heavy atom. The molecule has 7 heteroatoms. The summed E-state index contributed by atoms with van der Waals surface area (Å²) in [6.45, 7) is 2.55. The Kier molecular flexibility index (Phi) is 4.24. The van der Waals surface area contributed by atoms with Crippen LogP contribution >= 0.6 is 0 Å². The van der Waals surface area contributed by atoms with Crippen molar-refractivity contribution in [2.75, 3.05) is 31.6 Å². The summed E-state index contributed by atoms with van der Waals surface area (Å²) in [7, 11) is -1.30. The van der Waals surface area contributed by atoms with Crippen LogP contribution < -0.4 is 4.90 Å². The third-order valence-corrected chi connectivity index (χ3v) is 7.77. The smallest absolute Gasteiger partial charge is 0.216 e. The fourth-order valence-electron chi connectivity index (χ4n) is 3.51. The summed E-state index contributed by atoms with van der Waals surface area (Å²) < 4.78 is 26.1. The maximum atomic E-state index is 12.3. The molecule has 1 saturated heterocycles. The minimum Gasteiger partial charge on any atom is -0.356 e. The van der Waals surface area contributed by atoms with Gasteiger partial charge in [0.1, 0.15) is 11.6 Å². The van der Waals surface area contributed by atoms with Gasteiger partial charge in [-0.1, -0.05) is 0 Å². The van der Waals surface area contributed by atoms with Crippen LogP contribution in [0.25, 0.3) is 0 Å². The van der Waals surface area contributed by atoms with Crippen molar-refractivity contribution in [1.82, 2.24) is 14.3 Å². The van der Waals surface area contributed by atoms with E-state index in [1.807, 2.05) is 12.3 Å². The molecule has 24 heavy (non-hydrogen) atoms. The van der Waals surface area contributed by atoms with Crippen molar-refractivity contribution in [1.29, 1.82) is 0 Å². The van der Waals surface area contributed by atoms with Gasteiger partial charge in [-0.25, -0.2) is 22.7 Å². The van der Waals surface area contributed by atoms with Gasteiger partial charge in [0, 0.05) is 38.8 Å². The summed E-state index contributed by atoms with van der Waals surface area (Å²) in [6.07, 6.45) is 8.02. The first-order valence-electron chi connectivity index (χ1n) is 9.07. The molecule has 0 radical (unpaired) electrons. The molecule has 0 aromatic carbocycles. The molecule has 0 bridgehead atoms. The van der Waals surface area contributed by atoms with Crippen molar-refractivity contribution in [2.24, 2.45) is 5.92 Å². The molecule has 3 fully saturated rings. The number of nitrogens with zero attached hydrogens (tertiary/aromatic N) is 4. The number of sulfonamides is 1. The van der Waals surface area contributed by atoms with Crippen LogP contribution in [-0.2, 0) is 10.0 Å². The molecule has 0 atom stereocenters. The molecule has 4 rings (SSSR count). The van der Waals surface area contributed by atoms with E-state index in [0.717, 1.165) is 50.4 Å². The van der Waals surface area contributed by atoms with Gasteiger partial charge in [0.25, 0.3) is 0 Å². The molecule has 0 unspecified atom stereocenters. The third kappa shape index (κ3) is 3.42. The summed E-state index contributed by atoms with van der Waals surface area (Å²) in [5, 5.41) is -0.107. The minimum absolute atomic E-state index is 0.107. The van der Waals surface area contributed by atoms with Crippen molar-refractivity contribution in [2.45, 2.75) is 49.7 Å². The fraction of sp³-hybridized carbons (Fsp3) is 0.765. The maximum absolute atomic E-state index is 12.3. The van der Waals surface area contributed by atoms with Crippen LogP contribution in [-0.4, -0.2) is 54.6 Å². The molecule has 2 saturated carbocycles. The Balaban J connectivity index is 1.32. The predicted octanol–water partition coefficient (Wildman–Crippen LogP) is 1.99. The monoisotopic (exact) mass is 350 g/mol. The van der Waals surface area contributed by atoms with E-state index in [1.165, 1.54) is 12.8 Å². The Morgan fingerprint density at radius 1 is 1.17 bits per heavy atom. The van der Waals surface area contributed by atoms with E-state index in [9.17, 15) is 8.42 Å². The Bertz CT molecular complexity index is 692. The lowest BCUT2D eigenvalue weighted by Gasteiger charge is -2.34. The molecule has 0 N–H and O–H groups in total. The zero-order valence-electron chi connectivity index (χ0n) is 14.3. The molecule has 1 aliphatic heterocycles. The fourth-order valence-corrected chi connectivity index (χ4v) is 5.17. The van der Waals surface area contributed by atoms with Crippen LogP contribution in [0.3, 0.4) is 0 Å². The lowest BCUT2D eigenvalue weighted by molar-refractivity contribution is 0.327. The average molecular weight is 350 g/mol. The predicted molar refractivity (Wildman–Crippen MR) is 93.5 cm³/mol. The first-order valence-corrected chi connectivity index (χ1v) is 10.6. The van der Waals surface area contributed by atoms with Crippen LogP contribution in [0.5, 0.6) is 0 Å². The van der Waals surface area contributed by atoms with Crippen LogP contribution in [0.15, 0.2) is 12.3 Å². The number of anilines is 1. The molecule has 132 valence electrons. The highest BCUT2D eigenvalue weighted by Gasteiger charge is 2.39. The van der Waals surface area contributed by atoms with Gasteiger partial charge in [0.05, 0.1) is 5.25 Å². The molecular formula is C17H26N4O2S. The van der Waals surface area contributed by atoms with Crippen molar-refractivity contribution >= 4 is 15.8 Å². The van der Waals surface area contributed by atoms with Gasteiger partial charge in [-0.2, -0.15) is 0 Å². The summed E-state index contributed by atoms with van der Waals surface area (Å²) in [5.74, 6) is 3.04. The van der Waals surface area contributed by atoms with Crippen molar-refractivity contribution in [3.05, 3.63) is 18.1 Å². The summed E-state index contributed by atoms with van der Waals surface area (Å²) in [6, 6.07) is 2.00. The van der Waals surface area contributed by atoms with Gasteiger partial charge in [0.15, 0.2) is 0 Å². The molecule has 1 aromatic heterocycles. The first kappa shape index (κ1) is 16.3. The van der Waals surface area contributed by atoms with Gasteiger partial charge < -0.3 is 4.90 Å². The highest BCUT2D eigenvalue weighted by Crippen LogP contribution is 2.38. The van der Waals surface area contributed by atoms with E-state index in [2.05, 4.69) is 9.88 Å². The van der Waals surface area contributed by atoms with Gasteiger partial charge in [-0.15, -0.1) is 0 Å². The number of rotatable bonds is 6. The molecule has 2 heterocycles. The van der Waals surface area contributed by atoms with Crippen LogP contribution in [0.2, 0.25) is 0 Å². The minimum atomic E-state index is -3.04. The van der Waals surface area contributed by atoms with Crippen molar-refractivity contribution < 1.29 is 8.42 Å². The van der Waals surface area contributed by atoms with E-state index >= 15 is 0 Å². The second-order valence-electron chi connectivity index (χ2n) is 7.50. The quantitative estimate of drug-likeness (QED) is 0.785. The van der Waals surface area contributed by atoms with E-state index in [0.29, 0.717) is 18.4 Å². The number of hydrogen-bond donors (Lipinski definition) is 0. The van der Waals surface area contributed by atoms with Crippen LogP contribution in [0.4, 0.5) is 5.82 Å². The molecule has 6 nitrogen and oxygen atoms in total. The average Bonchev–Trinajstić information content (AvgIpc) is 3.48. The molecule has 3 aliphatic rings. The maximum Gasteiger partial charge on any atom is 0.216 e. The molecule has 1 aromatic rings. The van der Waals surface area contributed by atoms with Crippen molar-refractivity contribution in [3.63, 3.8) is 0 Å². The highest BCUT2D eigenvalue weighted by molar-refractivity contribution is 7.90. The number of hydrogen-bond acceptors (Lipinski definition) is 5. The lowest BCUT2D eigenvalue weighted by Crippen LogP contribution is -2.40. The summed E-state index contributed by atoms with van der Waals surface area (Å²) in [5.41, 5.74) is 0. The Morgan fingerprint density at radius 3 is 2.50 bits per heavy atom. The second kappa shape index (κ2) is 6.26. The molecule has 0 spiro atoms. The first-order chi connectivity index (χ1) is 11.5. The van der Waals surface area contributed by atoms with E-state index in [1.54, 1.807) is 11.4 Å². The Labute approximate surface area is 144 Å². The van der Waals surface area contributed by atoms with Gasteiger partial charge in [-0.05, 0) is 50.5 Å². The summed E-state index contributed by atoms with van der Waals surface area (Å²) in [4.78, 5) is 11.4. The third-order valence-electron chi connectivity index (χ3n) is 5.44. The zero-order chi connectivity index (χ0) is 16.7. The topological polar surface area (TPSA) is 66.4 Å². The van der Waals surface area contributed by atoms with Gasteiger partial charge in [0.2, 0.25) is 10.0 Å². The Hall–Kier alpha value is -1.21. The standard InChI is InChI=1S/C17H26N4O2S/c1-20(24(22,23)15-4-5-15)12-13-7-10-21(11-8-13)16-6-9-18-17(19-16)14-2-3-14/h6,9,13-15H,2-5,7-8,10-12H2,1H3. The number of aromatic nitrogens is 2. The molecular weight excluding hydrogens is 324 g/mol. The van der Waals surface area contributed by atoms with Crippen LogP contribution in [0.1, 0.15) is 50.3 Å². The second-order valence-corrected chi connectivity index (χ2v) is 9.82. The lowest BCUT2D eigenvalue weighted by atomic mass is 9.97. The summed E-state index contributed by atoms with van der Waals surface area (Å²) >= 11 is 0. The van der Waals surface area contributed by atoms with Crippen molar-refractivity contribution in [3.8, 4) is 0 Å². The van der Waals surface area contributed by atoms with Gasteiger partial charge in [-0.3, -0.25) is 0 Å². The normalized spacial score (nSPS) is 23.0. The highest BCUT2D eigenvalue weighted by atomic mass is 32.2. The number of piperidine rings is 1. The van der Waals surface area contributed by atoms with E-state index in [4.69, 9.17) is 4.98 Å². The van der Waals surface area contributed by atoms with E-state index in [-0.39, 0.29) is 5.25 Å². The van der Waals surface area contributed by atoms with Gasteiger partial charge >= 0.3 is 0 Å². The molecule has 2 aliphatic carbocycles. The van der Waals surface area contributed by atoms with E-state index < -0.39 is 10.0 Å². The largest absolute Gasteiger partial charge is 0.356 e.